The predicted octanol–water partition coefficient (Wildman–Crippen LogP) is 1.38. The van der Waals surface area contributed by atoms with Gasteiger partial charge in [-0.3, -0.25) is 4.79 Å². The van der Waals surface area contributed by atoms with Crippen molar-refractivity contribution in [1.29, 1.82) is 5.26 Å². The zero-order valence-electron chi connectivity index (χ0n) is 10.8. The minimum Gasteiger partial charge on any atom is -0.479 e. The predicted molar refractivity (Wildman–Crippen MR) is 71.7 cm³/mol. The maximum atomic E-state index is 12.0. The molecule has 19 heavy (non-hydrogen) atoms. The van der Waals surface area contributed by atoms with Crippen LogP contribution in [-0.4, -0.2) is 25.6 Å². The fraction of sp³-hybridized carbons (Fsp3) is 0.429. The highest BCUT2D eigenvalue weighted by molar-refractivity contribution is 5.92. The van der Waals surface area contributed by atoms with E-state index in [1.54, 1.807) is 24.3 Å². The fourth-order valence-corrected chi connectivity index (χ4v) is 1.88. The Morgan fingerprint density at radius 3 is 2.74 bits per heavy atom. The lowest BCUT2D eigenvalue weighted by Crippen LogP contribution is -2.48. The van der Waals surface area contributed by atoms with E-state index in [2.05, 4.69) is 10.6 Å². The van der Waals surface area contributed by atoms with Crippen LogP contribution in [0.1, 0.15) is 6.92 Å². The van der Waals surface area contributed by atoms with Gasteiger partial charge in [-0.1, -0.05) is 6.92 Å². The first kappa shape index (κ1) is 13.4. The Morgan fingerprint density at radius 2 is 2.21 bits per heavy atom. The Balaban J connectivity index is 1.88. The van der Waals surface area contributed by atoms with E-state index in [0.717, 1.165) is 18.8 Å². The minimum atomic E-state index is 0.00997. The number of nitriles is 1. The first-order valence-electron chi connectivity index (χ1n) is 6.32. The topological polar surface area (TPSA) is 74.1 Å². The summed E-state index contributed by atoms with van der Waals surface area (Å²) in [5.74, 6) is 1.10. The van der Waals surface area contributed by atoms with E-state index in [0.29, 0.717) is 11.7 Å². The molecule has 1 aromatic carbocycles. The number of ether oxygens (including phenoxy) is 1. The molecule has 1 fully saturated rings. The quantitative estimate of drug-likeness (QED) is 0.838. The second-order valence-electron chi connectivity index (χ2n) is 4.67. The summed E-state index contributed by atoms with van der Waals surface area (Å²) in [5.41, 5.74) is 0.744. The van der Waals surface area contributed by atoms with Gasteiger partial charge in [0, 0.05) is 11.6 Å². The average Bonchev–Trinajstić information content (AvgIpc) is 2.36. The van der Waals surface area contributed by atoms with E-state index in [1.807, 2.05) is 13.0 Å². The summed E-state index contributed by atoms with van der Waals surface area (Å²) in [5, 5.41) is 14.5. The van der Waals surface area contributed by atoms with Crippen LogP contribution >= 0.6 is 0 Å². The molecular formula is C14H17N3O2. The summed E-state index contributed by atoms with van der Waals surface area (Å²) < 4.78 is 5.15. The number of anilines is 1. The highest BCUT2D eigenvalue weighted by Crippen LogP contribution is 2.20. The van der Waals surface area contributed by atoms with Crippen molar-refractivity contribution in [2.45, 2.75) is 6.92 Å². The van der Waals surface area contributed by atoms with Crippen LogP contribution in [-0.2, 0) is 4.79 Å². The van der Waals surface area contributed by atoms with Crippen LogP contribution in [0.15, 0.2) is 24.3 Å². The van der Waals surface area contributed by atoms with Crippen molar-refractivity contribution in [2.24, 2.45) is 11.8 Å². The van der Waals surface area contributed by atoms with Gasteiger partial charge in [0.15, 0.2) is 6.61 Å². The molecule has 1 unspecified atom stereocenters. The molecule has 5 heteroatoms. The molecule has 0 aliphatic carbocycles. The Labute approximate surface area is 112 Å². The van der Waals surface area contributed by atoms with E-state index in [-0.39, 0.29) is 18.4 Å². The first-order valence-corrected chi connectivity index (χ1v) is 6.32. The van der Waals surface area contributed by atoms with Crippen LogP contribution in [0.4, 0.5) is 5.69 Å². The van der Waals surface area contributed by atoms with Crippen molar-refractivity contribution in [3.05, 3.63) is 24.3 Å². The molecule has 100 valence electrons. The SMILES string of the molecule is CC(C(=O)Nc1ccc(OCC#N)cc1)C1CNC1. The normalized spacial score (nSPS) is 16.0. The Morgan fingerprint density at radius 1 is 1.53 bits per heavy atom. The molecule has 5 nitrogen and oxygen atoms in total. The summed E-state index contributed by atoms with van der Waals surface area (Å²) in [6, 6.07) is 8.93. The molecule has 0 bridgehead atoms. The van der Waals surface area contributed by atoms with E-state index < -0.39 is 0 Å². The molecule has 1 atom stereocenters. The number of amides is 1. The molecule has 2 N–H and O–H groups in total. The number of hydrogen-bond acceptors (Lipinski definition) is 4. The van der Waals surface area contributed by atoms with E-state index in [1.165, 1.54) is 0 Å². The van der Waals surface area contributed by atoms with E-state index in [4.69, 9.17) is 10.00 Å². The highest BCUT2D eigenvalue weighted by Gasteiger charge is 2.28. The van der Waals surface area contributed by atoms with Crippen molar-refractivity contribution in [2.75, 3.05) is 25.0 Å². The van der Waals surface area contributed by atoms with Crippen molar-refractivity contribution in [3.63, 3.8) is 0 Å². The Bertz CT molecular complexity index is 474. The standard InChI is InChI=1S/C14H17N3O2/c1-10(11-8-16-9-11)14(18)17-12-2-4-13(5-3-12)19-7-6-15/h2-5,10-11,16H,7-9H2,1H3,(H,17,18). The van der Waals surface area contributed by atoms with Crippen LogP contribution in [0, 0.1) is 23.2 Å². The molecule has 1 amide bonds. The zero-order valence-corrected chi connectivity index (χ0v) is 10.8. The molecule has 0 aromatic heterocycles. The zero-order chi connectivity index (χ0) is 13.7. The van der Waals surface area contributed by atoms with Crippen molar-refractivity contribution >= 4 is 11.6 Å². The summed E-state index contributed by atoms with van der Waals surface area (Å²) in [6.45, 7) is 3.80. The summed E-state index contributed by atoms with van der Waals surface area (Å²) in [4.78, 5) is 12.0. The van der Waals surface area contributed by atoms with Gasteiger partial charge in [-0.05, 0) is 43.3 Å². The second kappa shape index (κ2) is 6.21. The third kappa shape index (κ3) is 3.46. The van der Waals surface area contributed by atoms with E-state index >= 15 is 0 Å². The molecule has 1 saturated heterocycles. The summed E-state index contributed by atoms with van der Waals surface area (Å²) >= 11 is 0. The van der Waals surface area contributed by atoms with Gasteiger partial charge in [0.05, 0.1) is 0 Å². The molecule has 0 spiro atoms. The summed E-state index contributed by atoms with van der Waals surface area (Å²) in [6.07, 6.45) is 0. The van der Waals surface area contributed by atoms with Crippen LogP contribution in [0.3, 0.4) is 0 Å². The van der Waals surface area contributed by atoms with Crippen molar-refractivity contribution < 1.29 is 9.53 Å². The monoisotopic (exact) mass is 259 g/mol. The van der Waals surface area contributed by atoms with Gasteiger partial charge in [0.25, 0.3) is 0 Å². The molecule has 1 aliphatic heterocycles. The highest BCUT2D eigenvalue weighted by atomic mass is 16.5. The van der Waals surface area contributed by atoms with Crippen molar-refractivity contribution in [1.82, 2.24) is 5.32 Å². The largest absolute Gasteiger partial charge is 0.479 e. The number of carbonyl (C=O) groups excluding carboxylic acids is 1. The maximum absolute atomic E-state index is 12.0. The third-order valence-electron chi connectivity index (χ3n) is 3.36. The summed E-state index contributed by atoms with van der Waals surface area (Å²) in [7, 11) is 0. The Kier molecular flexibility index (Phi) is 4.37. The molecule has 0 saturated carbocycles. The number of nitrogens with zero attached hydrogens (tertiary/aromatic N) is 1. The van der Waals surface area contributed by atoms with Gasteiger partial charge in [-0.15, -0.1) is 0 Å². The number of rotatable bonds is 5. The average molecular weight is 259 g/mol. The van der Waals surface area contributed by atoms with Crippen LogP contribution in [0.2, 0.25) is 0 Å². The third-order valence-corrected chi connectivity index (χ3v) is 3.36. The number of carbonyl (C=O) groups is 1. The van der Waals surface area contributed by atoms with Gasteiger partial charge in [-0.2, -0.15) is 5.26 Å². The van der Waals surface area contributed by atoms with Gasteiger partial charge < -0.3 is 15.4 Å². The number of hydrogen-bond donors (Lipinski definition) is 2. The number of nitrogens with one attached hydrogen (secondary N) is 2. The number of benzene rings is 1. The van der Waals surface area contributed by atoms with Gasteiger partial charge in [-0.25, -0.2) is 0 Å². The molecule has 2 rings (SSSR count). The maximum Gasteiger partial charge on any atom is 0.227 e. The lowest BCUT2D eigenvalue weighted by molar-refractivity contribution is -0.121. The lowest BCUT2D eigenvalue weighted by atomic mass is 9.88. The first-order chi connectivity index (χ1) is 9.20. The van der Waals surface area contributed by atoms with Crippen LogP contribution in [0.25, 0.3) is 0 Å². The van der Waals surface area contributed by atoms with E-state index in [9.17, 15) is 4.79 Å². The minimum absolute atomic E-state index is 0.00997. The molecule has 0 radical (unpaired) electrons. The van der Waals surface area contributed by atoms with Crippen LogP contribution < -0.4 is 15.4 Å². The van der Waals surface area contributed by atoms with Crippen molar-refractivity contribution in [3.8, 4) is 11.8 Å². The van der Waals surface area contributed by atoms with Gasteiger partial charge in [0.2, 0.25) is 5.91 Å². The molecule has 1 aromatic rings. The van der Waals surface area contributed by atoms with Gasteiger partial charge >= 0.3 is 0 Å². The fourth-order valence-electron chi connectivity index (χ4n) is 1.88. The Hall–Kier alpha value is -2.06. The molecule has 1 heterocycles. The second-order valence-corrected chi connectivity index (χ2v) is 4.67. The van der Waals surface area contributed by atoms with Gasteiger partial charge in [0.1, 0.15) is 11.8 Å². The smallest absolute Gasteiger partial charge is 0.227 e. The molecule has 1 aliphatic rings. The molecular weight excluding hydrogens is 242 g/mol. The van der Waals surface area contributed by atoms with Crippen LogP contribution in [0.5, 0.6) is 5.75 Å². The lowest BCUT2D eigenvalue weighted by Gasteiger charge is -2.31.